The Labute approximate surface area is 189 Å². The molecule has 1 amide bonds. The summed E-state index contributed by atoms with van der Waals surface area (Å²) >= 11 is 3.59. The molecular formula is C23H28BrN3O4. The van der Waals surface area contributed by atoms with E-state index < -0.39 is 11.7 Å². The second-order valence-electron chi connectivity index (χ2n) is 8.62. The lowest BCUT2D eigenvalue weighted by molar-refractivity contribution is 0.0505. The number of carbonyl (C=O) groups excluding carboxylic acids is 1. The molecule has 1 aromatic carbocycles. The number of benzene rings is 1. The second-order valence-corrected chi connectivity index (χ2v) is 9.48. The minimum Gasteiger partial charge on any atom is -0.492 e. The molecule has 3 aromatic rings. The van der Waals surface area contributed by atoms with Gasteiger partial charge in [0.25, 0.3) is 5.56 Å². The average Bonchev–Trinajstić information content (AvgIpc) is 2.68. The van der Waals surface area contributed by atoms with Crippen molar-refractivity contribution >= 4 is 43.7 Å². The SMILES string of the molecule is CC(CCCOc1cc2c(cc1Br)c1ccncc1c(=O)n2C)NC(=O)OC(C)(C)C. The van der Waals surface area contributed by atoms with Gasteiger partial charge in [-0.25, -0.2) is 4.79 Å². The maximum absolute atomic E-state index is 12.7. The van der Waals surface area contributed by atoms with Gasteiger partial charge in [0.05, 0.1) is 22.0 Å². The molecule has 2 heterocycles. The summed E-state index contributed by atoms with van der Waals surface area (Å²) in [6, 6.07) is 5.67. The first-order chi connectivity index (χ1) is 14.6. The van der Waals surface area contributed by atoms with Crippen LogP contribution in [-0.2, 0) is 11.8 Å². The molecule has 8 heteroatoms. The fourth-order valence-corrected chi connectivity index (χ4v) is 3.85. The zero-order valence-corrected chi connectivity index (χ0v) is 20.1. The number of pyridine rings is 2. The van der Waals surface area contributed by atoms with Gasteiger partial charge in [0.15, 0.2) is 0 Å². The minimum absolute atomic E-state index is 0.0284. The van der Waals surface area contributed by atoms with Crippen LogP contribution in [0.15, 0.2) is 39.9 Å². The van der Waals surface area contributed by atoms with Crippen molar-refractivity contribution < 1.29 is 14.3 Å². The number of amides is 1. The van der Waals surface area contributed by atoms with Gasteiger partial charge >= 0.3 is 6.09 Å². The van der Waals surface area contributed by atoms with E-state index >= 15 is 0 Å². The number of ether oxygens (including phenoxy) is 2. The van der Waals surface area contributed by atoms with Crippen LogP contribution in [-0.4, -0.2) is 33.9 Å². The van der Waals surface area contributed by atoms with Crippen molar-refractivity contribution in [1.29, 1.82) is 0 Å². The van der Waals surface area contributed by atoms with E-state index in [2.05, 4.69) is 26.2 Å². The van der Waals surface area contributed by atoms with Crippen molar-refractivity contribution in [3.05, 3.63) is 45.4 Å². The van der Waals surface area contributed by atoms with Gasteiger partial charge in [-0.15, -0.1) is 0 Å². The molecule has 0 aliphatic heterocycles. The molecule has 0 bridgehead atoms. The standard InChI is InChI=1S/C23H28BrN3O4/c1-14(26-22(29)31-23(2,3)4)7-6-10-30-20-12-19-16(11-18(20)24)15-8-9-25-13-17(15)21(28)27(19)5/h8-9,11-14H,6-7,10H2,1-5H3,(H,26,29). The largest absolute Gasteiger partial charge is 0.492 e. The van der Waals surface area contributed by atoms with Crippen LogP contribution < -0.4 is 15.6 Å². The highest BCUT2D eigenvalue weighted by atomic mass is 79.9. The Balaban J connectivity index is 1.67. The van der Waals surface area contributed by atoms with E-state index in [0.717, 1.165) is 33.6 Å². The van der Waals surface area contributed by atoms with Gasteiger partial charge in [-0.2, -0.15) is 0 Å². The van der Waals surface area contributed by atoms with Gasteiger partial charge < -0.3 is 19.4 Å². The molecule has 31 heavy (non-hydrogen) atoms. The molecule has 0 fully saturated rings. The summed E-state index contributed by atoms with van der Waals surface area (Å²) in [4.78, 5) is 28.6. The van der Waals surface area contributed by atoms with Crippen molar-refractivity contribution in [2.75, 3.05) is 6.61 Å². The van der Waals surface area contributed by atoms with E-state index in [0.29, 0.717) is 17.7 Å². The highest BCUT2D eigenvalue weighted by Gasteiger charge is 2.17. The predicted molar refractivity (Wildman–Crippen MR) is 126 cm³/mol. The minimum atomic E-state index is -0.517. The average molecular weight is 490 g/mol. The molecule has 3 rings (SSSR count). The smallest absolute Gasteiger partial charge is 0.407 e. The maximum Gasteiger partial charge on any atom is 0.407 e. The molecule has 0 aliphatic carbocycles. The zero-order valence-electron chi connectivity index (χ0n) is 18.5. The molecule has 166 valence electrons. The summed E-state index contributed by atoms with van der Waals surface area (Å²) in [5.41, 5.74) is 0.185. The van der Waals surface area contributed by atoms with E-state index in [9.17, 15) is 9.59 Å². The van der Waals surface area contributed by atoms with E-state index in [1.807, 2.05) is 45.9 Å². The van der Waals surface area contributed by atoms with Crippen LogP contribution >= 0.6 is 15.9 Å². The Morgan fingerprint density at radius 3 is 2.71 bits per heavy atom. The summed E-state index contributed by atoms with van der Waals surface area (Å²) in [5.74, 6) is 0.670. The van der Waals surface area contributed by atoms with Crippen molar-refractivity contribution in [2.24, 2.45) is 7.05 Å². The van der Waals surface area contributed by atoms with Gasteiger partial charge in [-0.3, -0.25) is 9.78 Å². The number of alkyl carbamates (subject to hydrolysis) is 1. The predicted octanol–water partition coefficient (Wildman–Crippen LogP) is 4.92. The number of nitrogens with zero attached hydrogens (tertiary/aromatic N) is 2. The molecule has 0 aliphatic rings. The molecule has 1 N–H and O–H groups in total. The number of fused-ring (bicyclic) bond motifs is 3. The number of aromatic nitrogens is 2. The van der Waals surface area contributed by atoms with Crippen molar-refractivity contribution in [2.45, 2.75) is 52.2 Å². The lowest BCUT2D eigenvalue weighted by atomic mass is 10.1. The van der Waals surface area contributed by atoms with Crippen LogP contribution in [0.5, 0.6) is 5.75 Å². The van der Waals surface area contributed by atoms with Gasteiger partial charge in [0.2, 0.25) is 0 Å². The third-order valence-corrected chi connectivity index (χ3v) is 5.48. The zero-order chi connectivity index (χ0) is 22.8. The van der Waals surface area contributed by atoms with Crippen LogP contribution in [0, 0.1) is 0 Å². The second kappa shape index (κ2) is 9.26. The van der Waals surface area contributed by atoms with Gasteiger partial charge in [-0.05, 0) is 74.0 Å². The number of hydrogen-bond acceptors (Lipinski definition) is 5. The van der Waals surface area contributed by atoms with E-state index in [1.165, 1.54) is 0 Å². The third kappa shape index (κ3) is 5.55. The van der Waals surface area contributed by atoms with Crippen LogP contribution in [0.2, 0.25) is 0 Å². The molecule has 0 saturated carbocycles. The third-order valence-electron chi connectivity index (χ3n) is 4.86. The summed E-state index contributed by atoms with van der Waals surface area (Å²) in [7, 11) is 1.75. The summed E-state index contributed by atoms with van der Waals surface area (Å²) in [6.07, 6.45) is 4.37. The molecule has 2 aromatic heterocycles. The molecular weight excluding hydrogens is 462 g/mol. The lowest BCUT2D eigenvalue weighted by Crippen LogP contribution is -2.37. The first-order valence-electron chi connectivity index (χ1n) is 10.2. The molecule has 0 saturated heterocycles. The monoisotopic (exact) mass is 489 g/mol. The first-order valence-corrected chi connectivity index (χ1v) is 11.0. The Bertz CT molecular complexity index is 1170. The molecule has 7 nitrogen and oxygen atoms in total. The highest BCUT2D eigenvalue weighted by molar-refractivity contribution is 9.10. The Morgan fingerprint density at radius 2 is 2.00 bits per heavy atom. The maximum atomic E-state index is 12.7. The van der Waals surface area contributed by atoms with Gasteiger partial charge in [0, 0.05) is 36.9 Å². The Morgan fingerprint density at radius 1 is 1.26 bits per heavy atom. The van der Waals surface area contributed by atoms with E-state index in [-0.39, 0.29) is 11.6 Å². The summed E-state index contributed by atoms with van der Waals surface area (Å²) in [6.45, 7) is 7.92. The van der Waals surface area contributed by atoms with Gasteiger partial charge in [-0.1, -0.05) is 0 Å². The number of hydrogen-bond donors (Lipinski definition) is 1. The van der Waals surface area contributed by atoms with Crippen LogP contribution in [0.3, 0.4) is 0 Å². The molecule has 0 radical (unpaired) electrons. The Kier molecular flexibility index (Phi) is 6.89. The normalized spacial score (nSPS) is 12.7. The topological polar surface area (TPSA) is 82.5 Å². The fraction of sp³-hybridized carbons (Fsp3) is 0.435. The van der Waals surface area contributed by atoms with Crippen LogP contribution in [0.1, 0.15) is 40.5 Å². The van der Waals surface area contributed by atoms with Crippen LogP contribution in [0.4, 0.5) is 4.79 Å². The molecule has 0 spiro atoms. The molecule has 1 atom stereocenters. The summed E-state index contributed by atoms with van der Waals surface area (Å²) in [5, 5.41) is 5.24. The molecule has 1 unspecified atom stereocenters. The van der Waals surface area contributed by atoms with Crippen molar-refractivity contribution in [1.82, 2.24) is 14.9 Å². The summed E-state index contributed by atoms with van der Waals surface area (Å²) < 4.78 is 13.7. The van der Waals surface area contributed by atoms with Gasteiger partial charge in [0.1, 0.15) is 11.4 Å². The highest BCUT2D eigenvalue weighted by Crippen LogP contribution is 2.33. The number of carbonyl (C=O) groups is 1. The number of rotatable bonds is 6. The Hall–Kier alpha value is -2.61. The van der Waals surface area contributed by atoms with E-state index in [4.69, 9.17) is 9.47 Å². The lowest BCUT2D eigenvalue weighted by Gasteiger charge is -2.22. The first kappa shape index (κ1) is 23.1. The fourth-order valence-electron chi connectivity index (χ4n) is 3.39. The number of nitrogens with one attached hydrogen (secondary N) is 1. The quantitative estimate of drug-likeness (QED) is 0.392. The number of halogens is 1. The van der Waals surface area contributed by atoms with Crippen molar-refractivity contribution in [3.63, 3.8) is 0 Å². The van der Waals surface area contributed by atoms with E-state index in [1.54, 1.807) is 24.0 Å². The number of aryl methyl sites for hydroxylation is 1. The van der Waals surface area contributed by atoms with Crippen LogP contribution in [0.25, 0.3) is 21.7 Å². The van der Waals surface area contributed by atoms with Crippen molar-refractivity contribution in [3.8, 4) is 5.75 Å².